The number of methoxy groups -OCH3 is 1. The Morgan fingerprint density at radius 1 is 1.24 bits per heavy atom. The number of hydrogen-bond donors (Lipinski definition) is 1. The highest BCUT2D eigenvalue weighted by molar-refractivity contribution is 6.08. The van der Waals surface area contributed by atoms with E-state index in [0.717, 1.165) is 11.1 Å². The van der Waals surface area contributed by atoms with E-state index >= 15 is 0 Å². The number of benzene rings is 1. The number of carbonyl (C=O) groups excluding carboxylic acids is 2. The van der Waals surface area contributed by atoms with Gasteiger partial charge in [-0.25, -0.2) is 14.7 Å². The van der Waals surface area contributed by atoms with Gasteiger partial charge in [0.05, 0.1) is 35.9 Å². The molecule has 1 aliphatic heterocycles. The van der Waals surface area contributed by atoms with Crippen LogP contribution in [0.1, 0.15) is 44.1 Å². The summed E-state index contributed by atoms with van der Waals surface area (Å²) in [6.45, 7) is 7.87. The molecule has 0 spiro atoms. The second-order valence-corrected chi connectivity index (χ2v) is 8.45. The third-order valence-corrected chi connectivity index (χ3v) is 5.70. The second kappa shape index (κ2) is 8.97. The summed E-state index contributed by atoms with van der Waals surface area (Å²) >= 11 is 0. The summed E-state index contributed by atoms with van der Waals surface area (Å²) in [6.07, 6.45) is 3.54. The van der Waals surface area contributed by atoms with Crippen molar-refractivity contribution in [3.63, 3.8) is 0 Å². The molecule has 1 N–H and O–H groups in total. The summed E-state index contributed by atoms with van der Waals surface area (Å²) < 4.78 is 7.15. The van der Waals surface area contributed by atoms with Crippen LogP contribution in [0, 0.1) is 5.92 Å². The van der Waals surface area contributed by atoms with E-state index in [0.29, 0.717) is 33.8 Å². The van der Waals surface area contributed by atoms with Crippen molar-refractivity contribution < 1.29 is 14.3 Å². The average molecular weight is 446 g/mol. The molecule has 8 heteroatoms. The van der Waals surface area contributed by atoms with Crippen LogP contribution < -0.4 is 10.1 Å². The number of amides is 2. The van der Waals surface area contributed by atoms with E-state index < -0.39 is 5.92 Å². The Morgan fingerprint density at radius 2 is 2.03 bits per heavy atom. The van der Waals surface area contributed by atoms with Gasteiger partial charge in [-0.15, -0.1) is 0 Å². The van der Waals surface area contributed by atoms with Gasteiger partial charge >= 0.3 is 0 Å². The van der Waals surface area contributed by atoms with E-state index in [1.54, 1.807) is 31.0 Å². The van der Waals surface area contributed by atoms with Crippen molar-refractivity contribution in [2.75, 3.05) is 13.7 Å². The van der Waals surface area contributed by atoms with Crippen LogP contribution in [0.2, 0.25) is 0 Å². The van der Waals surface area contributed by atoms with Gasteiger partial charge in [-0.05, 0) is 52.0 Å². The largest absolute Gasteiger partial charge is 0.497 e. The molecule has 170 valence electrons. The number of ether oxygens (including phenoxy) is 1. The van der Waals surface area contributed by atoms with Crippen molar-refractivity contribution in [1.29, 1.82) is 0 Å². The van der Waals surface area contributed by atoms with Crippen molar-refractivity contribution >= 4 is 28.6 Å². The number of aromatic nitrogens is 3. The summed E-state index contributed by atoms with van der Waals surface area (Å²) in [4.78, 5) is 34.5. The molecule has 1 unspecified atom stereocenters. The van der Waals surface area contributed by atoms with Crippen LogP contribution in [0.15, 0.2) is 53.2 Å². The molecular formula is C25H27N5O3. The van der Waals surface area contributed by atoms with Crippen molar-refractivity contribution in [2.45, 2.75) is 33.7 Å². The molecule has 3 heterocycles. The molecule has 4 rings (SSSR count). The molecule has 0 bridgehead atoms. The van der Waals surface area contributed by atoms with Crippen LogP contribution >= 0.6 is 0 Å². The zero-order chi connectivity index (χ0) is 23.7. The molecule has 0 saturated heterocycles. The highest BCUT2D eigenvalue weighted by atomic mass is 16.5. The van der Waals surface area contributed by atoms with Crippen LogP contribution in [0.4, 0.5) is 0 Å². The number of rotatable bonds is 6. The lowest BCUT2D eigenvalue weighted by Gasteiger charge is -2.19. The molecule has 1 aliphatic rings. The summed E-state index contributed by atoms with van der Waals surface area (Å²) in [6, 6.07) is 9.36. The van der Waals surface area contributed by atoms with Gasteiger partial charge in [-0.1, -0.05) is 17.7 Å². The Balaban J connectivity index is 1.72. The van der Waals surface area contributed by atoms with E-state index in [2.05, 4.69) is 15.4 Å². The number of hydrogen-bond acceptors (Lipinski definition) is 5. The number of aliphatic imine (C=N–C) groups is 1. The lowest BCUT2D eigenvalue weighted by molar-refractivity contribution is -0.120. The fourth-order valence-electron chi connectivity index (χ4n) is 3.96. The Morgan fingerprint density at radius 3 is 2.73 bits per heavy atom. The van der Waals surface area contributed by atoms with Gasteiger partial charge in [0.15, 0.2) is 5.65 Å². The Kier molecular flexibility index (Phi) is 6.09. The molecule has 0 radical (unpaired) electrons. The molecule has 0 aliphatic carbocycles. The van der Waals surface area contributed by atoms with E-state index in [-0.39, 0.29) is 24.4 Å². The van der Waals surface area contributed by atoms with Crippen molar-refractivity contribution in [2.24, 2.45) is 10.9 Å². The van der Waals surface area contributed by atoms with Gasteiger partial charge in [0, 0.05) is 23.9 Å². The first kappa shape index (κ1) is 22.4. The molecular weight excluding hydrogens is 418 g/mol. The van der Waals surface area contributed by atoms with Crippen molar-refractivity contribution in [1.82, 2.24) is 20.1 Å². The van der Waals surface area contributed by atoms with Gasteiger partial charge in [0.1, 0.15) is 5.75 Å². The number of nitrogens with one attached hydrogen (secondary N) is 1. The summed E-state index contributed by atoms with van der Waals surface area (Å²) in [5.74, 6) is -0.294. The molecule has 1 atom stereocenters. The number of nitrogens with zero attached hydrogens (tertiary/aromatic N) is 4. The monoisotopic (exact) mass is 445 g/mol. The summed E-state index contributed by atoms with van der Waals surface area (Å²) in [7, 11) is 1.61. The predicted molar refractivity (Wildman–Crippen MR) is 128 cm³/mol. The maximum atomic E-state index is 13.3. The normalized spacial score (nSPS) is 16.1. The quantitative estimate of drug-likeness (QED) is 0.619. The lowest BCUT2D eigenvalue weighted by atomic mass is 9.95. The molecule has 2 amide bonds. The number of pyridine rings is 1. The van der Waals surface area contributed by atoms with E-state index in [1.165, 1.54) is 0 Å². The first-order chi connectivity index (χ1) is 15.8. The van der Waals surface area contributed by atoms with Crippen LogP contribution in [0.3, 0.4) is 0 Å². The van der Waals surface area contributed by atoms with Gasteiger partial charge in [-0.3, -0.25) is 9.59 Å². The number of dihydropyridines is 1. The smallest absolute Gasteiger partial charge is 0.254 e. The predicted octanol–water partition coefficient (Wildman–Crippen LogP) is 3.98. The van der Waals surface area contributed by atoms with Crippen LogP contribution in [-0.2, 0) is 4.79 Å². The zero-order valence-corrected chi connectivity index (χ0v) is 19.4. The average Bonchev–Trinajstić information content (AvgIpc) is 3.22. The van der Waals surface area contributed by atoms with E-state index in [4.69, 9.17) is 9.72 Å². The second-order valence-electron chi connectivity index (χ2n) is 8.45. The molecule has 2 aromatic heterocycles. The van der Waals surface area contributed by atoms with Crippen molar-refractivity contribution in [3.05, 3.63) is 53.7 Å². The minimum atomic E-state index is -0.466. The SMILES string of the molecule is COc1cccc(-c2cc(C(=O)NCC3C(=O)N=C(C)C=C3C)c3cnn(C(C)C)c3n2)c1. The van der Waals surface area contributed by atoms with E-state index in [1.807, 2.05) is 51.1 Å². The summed E-state index contributed by atoms with van der Waals surface area (Å²) in [5, 5.41) is 8.03. The van der Waals surface area contributed by atoms with Gasteiger partial charge in [0.2, 0.25) is 0 Å². The van der Waals surface area contributed by atoms with Gasteiger partial charge in [0.25, 0.3) is 11.8 Å². The standard InChI is InChI=1S/C25H27N5O3/c1-14(2)30-23-21(13-27-30)19(11-22(29-23)17-7-6-8-18(10-17)33-5)24(31)26-12-20-15(3)9-16(4)28-25(20)32/h6-11,13-14,20H,12H2,1-5H3,(H,26,31). The maximum absolute atomic E-state index is 13.3. The number of fused-ring (bicyclic) bond motifs is 1. The number of carbonyl (C=O) groups is 2. The molecule has 1 aromatic carbocycles. The van der Waals surface area contributed by atoms with Crippen LogP contribution in [0.5, 0.6) is 5.75 Å². The minimum absolute atomic E-state index is 0.0696. The highest BCUT2D eigenvalue weighted by Crippen LogP contribution is 2.28. The molecule has 0 fully saturated rings. The van der Waals surface area contributed by atoms with Gasteiger partial charge in [-0.2, -0.15) is 5.10 Å². The first-order valence-electron chi connectivity index (χ1n) is 10.9. The lowest BCUT2D eigenvalue weighted by Crippen LogP contribution is -2.34. The zero-order valence-electron chi connectivity index (χ0n) is 19.4. The number of allylic oxidation sites excluding steroid dienone is 1. The van der Waals surface area contributed by atoms with Crippen molar-refractivity contribution in [3.8, 4) is 17.0 Å². The topological polar surface area (TPSA) is 98.5 Å². The molecule has 33 heavy (non-hydrogen) atoms. The molecule has 0 saturated carbocycles. The highest BCUT2D eigenvalue weighted by Gasteiger charge is 2.25. The summed E-state index contributed by atoms with van der Waals surface area (Å²) in [5.41, 5.74) is 4.11. The molecule has 8 nitrogen and oxygen atoms in total. The Hall–Kier alpha value is -3.81. The fraction of sp³-hybridized carbons (Fsp3) is 0.320. The minimum Gasteiger partial charge on any atom is -0.497 e. The van der Waals surface area contributed by atoms with Gasteiger partial charge < -0.3 is 10.1 Å². The first-order valence-corrected chi connectivity index (χ1v) is 10.9. The third kappa shape index (κ3) is 4.41. The van der Waals surface area contributed by atoms with Crippen LogP contribution in [-0.4, -0.2) is 45.9 Å². The maximum Gasteiger partial charge on any atom is 0.254 e. The van der Waals surface area contributed by atoms with E-state index in [9.17, 15) is 9.59 Å². The molecule has 3 aromatic rings. The Bertz CT molecular complexity index is 1300. The fourth-order valence-corrected chi connectivity index (χ4v) is 3.96. The third-order valence-electron chi connectivity index (χ3n) is 5.70. The van der Waals surface area contributed by atoms with Crippen LogP contribution in [0.25, 0.3) is 22.3 Å². The Labute approximate surface area is 192 Å².